The Labute approximate surface area is 66.8 Å². The molecule has 1 atom stereocenters. The van der Waals surface area contributed by atoms with Gasteiger partial charge in [0.2, 0.25) is 0 Å². The summed E-state index contributed by atoms with van der Waals surface area (Å²) in [6, 6.07) is 0. The second-order valence-electron chi connectivity index (χ2n) is 2.59. The van der Waals surface area contributed by atoms with Crippen molar-refractivity contribution in [2.75, 3.05) is 19.6 Å². The van der Waals surface area contributed by atoms with E-state index in [4.69, 9.17) is 10.8 Å². The summed E-state index contributed by atoms with van der Waals surface area (Å²) in [5, 5.41) is 11.5. The van der Waals surface area contributed by atoms with Crippen molar-refractivity contribution in [2.45, 2.75) is 13.3 Å². The zero-order chi connectivity index (χ0) is 8.69. The van der Waals surface area contributed by atoms with Crippen LogP contribution in [-0.2, 0) is 4.79 Å². The highest BCUT2D eigenvalue weighted by Gasteiger charge is 2.08. The van der Waals surface area contributed by atoms with E-state index in [1.165, 1.54) is 0 Å². The summed E-state index contributed by atoms with van der Waals surface area (Å²) < 4.78 is 0. The van der Waals surface area contributed by atoms with Crippen LogP contribution in [0.15, 0.2) is 0 Å². The van der Waals surface area contributed by atoms with E-state index in [0.717, 1.165) is 13.0 Å². The van der Waals surface area contributed by atoms with Crippen molar-refractivity contribution in [1.29, 1.82) is 0 Å². The van der Waals surface area contributed by atoms with Gasteiger partial charge in [-0.3, -0.25) is 4.79 Å². The van der Waals surface area contributed by atoms with Crippen LogP contribution in [0.2, 0.25) is 0 Å². The van der Waals surface area contributed by atoms with Gasteiger partial charge < -0.3 is 16.2 Å². The minimum atomic E-state index is -0.759. The molecule has 0 aliphatic carbocycles. The van der Waals surface area contributed by atoms with Crippen LogP contribution >= 0.6 is 0 Å². The highest BCUT2D eigenvalue weighted by molar-refractivity contribution is 5.69. The number of aliphatic carboxylic acids is 1. The Bertz CT molecular complexity index is 117. The Kier molecular flexibility index (Phi) is 5.78. The fourth-order valence-electron chi connectivity index (χ4n) is 0.633. The molecule has 4 heteroatoms. The zero-order valence-corrected chi connectivity index (χ0v) is 6.84. The van der Waals surface area contributed by atoms with Crippen LogP contribution in [0.25, 0.3) is 0 Å². The van der Waals surface area contributed by atoms with E-state index in [1.807, 2.05) is 0 Å². The molecule has 0 aromatic rings. The molecule has 0 aliphatic heterocycles. The van der Waals surface area contributed by atoms with Gasteiger partial charge in [0.1, 0.15) is 0 Å². The van der Waals surface area contributed by atoms with Crippen LogP contribution in [0, 0.1) is 5.92 Å². The van der Waals surface area contributed by atoms with Gasteiger partial charge in [0.25, 0.3) is 0 Å². The van der Waals surface area contributed by atoms with Gasteiger partial charge in [0, 0.05) is 6.54 Å². The quantitative estimate of drug-likeness (QED) is 0.464. The third kappa shape index (κ3) is 5.82. The van der Waals surface area contributed by atoms with E-state index in [2.05, 4.69) is 5.32 Å². The minimum Gasteiger partial charge on any atom is -0.481 e. The van der Waals surface area contributed by atoms with E-state index >= 15 is 0 Å². The van der Waals surface area contributed by atoms with Crippen molar-refractivity contribution in [2.24, 2.45) is 11.7 Å². The predicted octanol–water partition coefficient (Wildman–Crippen LogP) is -0.354. The normalized spacial score (nSPS) is 12.9. The van der Waals surface area contributed by atoms with Crippen LogP contribution in [0.3, 0.4) is 0 Å². The molecule has 0 rings (SSSR count). The van der Waals surface area contributed by atoms with Gasteiger partial charge in [-0.2, -0.15) is 0 Å². The third-order valence-electron chi connectivity index (χ3n) is 1.43. The second-order valence-corrected chi connectivity index (χ2v) is 2.59. The number of carboxylic acids is 1. The molecule has 11 heavy (non-hydrogen) atoms. The summed E-state index contributed by atoms with van der Waals surface area (Å²) in [6.45, 7) is 3.65. The van der Waals surface area contributed by atoms with Gasteiger partial charge in [-0.25, -0.2) is 0 Å². The molecule has 4 N–H and O–H groups in total. The molecular weight excluding hydrogens is 144 g/mol. The molecule has 1 unspecified atom stereocenters. The lowest BCUT2D eigenvalue weighted by Crippen LogP contribution is -2.27. The van der Waals surface area contributed by atoms with Crippen LogP contribution in [0.1, 0.15) is 13.3 Å². The van der Waals surface area contributed by atoms with Crippen molar-refractivity contribution < 1.29 is 9.90 Å². The Morgan fingerprint density at radius 1 is 1.73 bits per heavy atom. The summed E-state index contributed by atoms with van der Waals surface area (Å²) in [6.07, 6.45) is 0.895. The largest absolute Gasteiger partial charge is 0.481 e. The van der Waals surface area contributed by atoms with Gasteiger partial charge in [-0.15, -0.1) is 0 Å². The molecule has 66 valence electrons. The predicted molar refractivity (Wildman–Crippen MR) is 43.3 cm³/mol. The van der Waals surface area contributed by atoms with Crippen LogP contribution < -0.4 is 11.1 Å². The van der Waals surface area contributed by atoms with Gasteiger partial charge >= 0.3 is 5.97 Å². The van der Waals surface area contributed by atoms with Gasteiger partial charge in [0.05, 0.1) is 5.92 Å². The Balaban J connectivity index is 3.17. The Morgan fingerprint density at radius 3 is 2.82 bits per heavy atom. The lowest BCUT2D eigenvalue weighted by atomic mass is 10.2. The van der Waals surface area contributed by atoms with Crippen LogP contribution in [0.4, 0.5) is 0 Å². The molecule has 0 aliphatic rings. The van der Waals surface area contributed by atoms with Gasteiger partial charge in [-0.1, -0.05) is 6.92 Å². The summed E-state index contributed by atoms with van der Waals surface area (Å²) in [4.78, 5) is 10.3. The molecule has 0 heterocycles. The molecule has 0 aromatic carbocycles. The number of rotatable bonds is 6. The summed E-state index contributed by atoms with van der Waals surface area (Å²) in [5.74, 6) is -1.07. The summed E-state index contributed by atoms with van der Waals surface area (Å²) in [7, 11) is 0. The molecule has 0 fully saturated rings. The van der Waals surface area contributed by atoms with E-state index in [1.54, 1.807) is 6.92 Å². The molecule has 0 aromatic heterocycles. The molecule has 0 radical (unpaired) electrons. The monoisotopic (exact) mass is 160 g/mol. The summed E-state index contributed by atoms with van der Waals surface area (Å²) >= 11 is 0. The third-order valence-corrected chi connectivity index (χ3v) is 1.43. The number of hydrogen-bond acceptors (Lipinski definition) is 3. The van der Waals surface area contributed by atoms with E-state index in [-0.39, 0.29) is 5.92 Å². The first-order valence-corrected chi connectivity index (χ1v) is 3.82. The van der Waals surface area contributed by atoms with E-state index < -0.39 is 5.97 Å². The number of hydrogen-bond donors (Lipinski definition) is 3. The maximum atomic E-state index is 10.3. The van der Waals surface area contributed by atoms with Crippen molar-refractivity contribution >= 4 is 5.97 Å². The lowest BCUT2D eigenvalue weighted by molar-refractivity contribution is -0.140. The Morgan fingerprint density at radius 2 is 2.36 bits per heavy atom. The molecule has 0 spiro atoms. The van der Waals surface area contributed by atoms with E-state index in [0.29, 0.717) is 13.1 Å². The van der Waals surface area contributed by atoms with Crippen molar-refractivity contribution in [1.82, 2.24) is 5.32 Å². The average Bonchev–Trinajstić information content (AvgIpc) is 1.97. The molecule has 0 amide bonds. The van der Waals surface area contributed by atoms with Gasteiger partial charge in [0.15, 0.2) is 0 Å². The zero-order valence-electron chi connectivity index (χ0n) is 6.84. The van der Waals surface area contributed by atoms with Crippen LogP contribution in [0.5, 0.6) is 0 Å². The first-order chi connectivity index (χ1) is 5.18. The topological polar surface area (TPSA) is 75.3 Å². The van der Waals surface area contributed by atoms with Crippen molar-refractivity contribution in [3.05, 3.63) is 0 Å². The Hall–Kier alpha value is -0.610. The number of carbonyl (C=O) groups is 1. The number of carboxylic acid groups (broad SMARTS) is 1. The standard InChI is InChI=1S/C7H16N2O2/c1-6(7(10)11)5-9-4-2-3-8/h6,9H,2-5,8H2,1H3,(H,10,11). The highest BCUT2D eigenvalue weighted by Crippen LogP contribution is 1.90. The molecule has 4 nitrogen and oxygen atoms in total. The second kappa shape index (κ2) is 6.12. The maximum Gasteiger partial charge on any atom is 0.307 e. The first kappa shape index (κ1) is 10.4. The molecule has 0 saturated heterocycles. The SMILES string of the molecule is CC(CNCCCN)C(=O)O. The fourth-order valence-corrected chi connectivity index (χ4v) is 0.633. The number of nitrogens with one attached hydrogen (secondary N) is 1. The first-order valence-electron chi connectivity index (χ1n) is 3.82. The summed E-state index contributed by atoms with van der Waals surface area (Å²) in [5.41, 5.74) is 5.25. The average molecular weight is 160 g/mol. The van der Waals surface area contributed by atoms with Crippen molar-refractivity contribution in [3.63, 3.8) is 0 Å². The molecule has 0 bridgehead atoms. The number of nitrogens with two attached hydrogens (primary N) is 1. The van der Waals surface area contributed by atoms with Gasteiger partial charge in [-0.05, 0) is 19.5 Å². The molecular formula is C7H16N2O2. The lowest BCUT2D eigenvalue weighted by Gasteiger charge is -2.06. The molecule has 0 saturated carbocycles. The minimum absolute atomic E-state index is 0.312. The fraction of sp³-hybridized carbons (Fsp3) is 0.857. The smallest absolute Gasteiger partial charge is 0.307 e. The highest BCUT2D eigenvalue weighted by atomic mass is 16.4. The van der Waals surface area contributed by atoms with Crippen molar-refractivity contribution in [3.8, 4) is 0 Å². The van der Waals surface area contributed by atoms with E-state index in [9.17, 15) is 4.79 Å². The van der Waals surface area contributed by atoms with Crippen LogP contribution in [-0.4, -0.2) is 30.7 Å². The maximum absolute atomic E-state index is 10.3.